The van der Waals surface area contributed by atoms with Gasteiger partial charge >= 0.3 is 6.18 Å². The fraction of sp³-hybridized carbons (Fsp3) is 0.294. The monoisotopic (exact) mass is 402 g/mol. The maximum Gasteiger partial charge on any atom is 0.419 e. The van der Waals surface area contributed by atoms with Gasteiger partial charge in [0.2, 0.25) is 11.8 Å². The average molecular weight is 402 g/mol. The van der Waals surface area contributed by atoms with Crippen LogP contribution in [0.25, 0.3) is 0 Å². The van der Waals surface area contributed by atoms with Crippen molar-refractivity contribution in [3.05, 3.63) is 52.0 Å². The molecular weight excluding hydrogens is 388 g/mol. The normalized spacial score (nSPS) is 17.9. The predicted octanol–water partition coefficient (Wildman–Crippen LogP) is 3.27. The molecule has 2 aromatic rings. The van der Waals surface area contributed by atoms with Gasteiger partial charge in [0.05, 0.1) is 18.7 Å². The second kappa shape index (κ2) is 7.65. The Morgan fingerprint density at radius 3 is 2.78 bits per heavy atom. The molecule has 0 radical (unpaired) electrons. The zero-order valence-corrected chi connectivity index (χ0v) is 14.6. The molecule has 10 heteroatoms. The van der Waals surface area contributed by atoms with Crippen LogP contribution in [0.5, 0.6) is 0 Å². The van der Waals surface area contributed by atoms with Crippen LogP contribution in [0.15, 0.2) is 35.7 Å². The van der Waals surface area contributed by atoms with Gasteiger partial charge in [0.1, 0.15) is 18.5 Å². The van der Waals surface area contributed by atoms with Crippen LogP contribution in [-0.2, 0) is 27.0 Å². The number of halogens is 4. The van der Waals surface area contributed by atoms with Gasteiger partial charge in [-0.3, -0.25) is 9.59 Å². The van der Waals surface area contributed by atoms with Gasteiger partial charge in [0.15, 0.2) is 0 Å². The van der Waals surface area contributed by atoms with Crippen molar-refractivity contribution in [2.45, 2.75) is 18.8 Å². The molecule has 1 unspecified atom stereocenters. The van der Waals surface area contributed by atoms with Crippen LogP contribution in [0.4, 0.5) is 23.2 Å². The lowest BCUT2D eigenvalue weighted by Gasteiger charge is -2.34. The molecule has 5 nitrogen and oxygen atoms in total. The quantitative estimate of drug-likeness (QED) is 0.799. The Hall–Kier alpha value is -2.46. The van der Waals surface area contributed by atoms with E-state index in [0.29, 0.717) is 12.1 Å². The highest BCUT2D eigenvalue weighted by Gasteiger charge is 2.36. The summed E-state index contributed by atoms with van der Waals surface area (Å²) in [7, 11) is 0. The topological polar surface area (TPSA) is 58.6 Å². The molecule has 1 N–H and O–H groups in total. The molecule has 2 amide bonds. The molecule has 1 aliphatic rings. The van der Waals surface area contributed by atoms with Crippen LogP contribution >= 0.6 is 11.3 Å². The summed E-state index contributed by atoms with van der Waals surface area (Å²) >= 11 is 1.41. The summed E-state index contributed by atoms with van der Waals surface area (Å²) in [5.74, 6) is -2.54. The van der Waals surface area contributed by atoms with E-state index < -0.39 is 35.4 Å². The Morgan fingerprint density at radius 1 is 1.33 bits per heavy atom. The van der Waals surface area contributed by atoms with Crippen LogP contribution in [-0.4, -0.2) is 36.0 Å². The summed E-state index contributed by atoms with van der Waals surface area (Å²) in [5, 5.41) is 4.13. The summed E-state index contributed by atoms with van der Waals surface area (Å²) in [6, 6.07) is 4.77. The molecule has 1 aromatic heterocycles. The first-order valence-corrected chi connectivity index (χ1v) is 8.71. The minimum atomic E-state index is -4.89. The summed E-state index contributed by atoms with van der Waals surface area (Å²) < 4.78 is 57.0. The van der Waals surface area contributed by atoms with E-state index in [-0.39, 0.29) is 25.4 Å². The van der Waals surface area contributed by atoms with Gasteiger partial charge < -0.3 is 15.0 Å². The Morgan fingerprint density at radius 2 is 2.11 bits per heavy atom. The lowest BCUT2D eigenvalue weighted by molar-refractivity contribution is -0.153. The Kier molecular flexibility index (Phi) is 5.47. The van der Waals surface area contributed by atoms with Crippen LogP contribution in [0.3, 0.4) is 0 Å². The maximum atomic E-state index is 13.4. The molecular formula is C17H14F4N2O3S. The van der Waals surface area contributed by atoms with Gasteiger partial charge in [-0.25, -0.2) is 4.39 Å². The summed E-state index contributed by atoms with van der Waals surface area (Å²) in [6.07, 6.45) is -4.89. The molecule has 2 heterocycles. The third kappa shape index (κ3) is 4.45. The van der Waals surface area contributed by atoms with E-state index in [1.807, 2.05) is 5.38 Å². The number of anilines is 1. The highest BCUT2D eigenvalue weighted by atomic mass is 32.1. The van der Waals surface area contributed by atoms with Crippen molar-refractivity contribution < 1.29 is 31.9 Å². The SMILES string of the molecule is O=C(Nc1ccc(F)c(C(F)(F)F)c1)C1COCC(=O)N1Cc1cccs1. The summed E-state index contributed by atoms with van der Waals surface area (Å²) in [5.41, 5.74) is -1.70. The van der Waals surface area contributed by atoms with Crippen molar-refractivity contribution in [3.8, 4) is 0 Å². The molecule has 0 bridgehead atoms. The smallest absolute Gasteiger partial charge is 0.369 e. The van der Waals surface area contributed by atoms with E-state index in [4.69, 9.17) is 4.74 Å². The zero-order valence-electron chi connectivity index (χ0n) is 13.8. The van der Waals surface area contributed by atoms with E-state index in [0.717, 1.165) is 10.9 Å². The van der Waals surface area contributed by atoms with E-state index in [9.17, 15) is 27.2 Å². The number of hydrogen-bond donors (Lipinski definition) is 1. The number of carbonyl (C=O) groups is 2. The number of amides is 2. The molecule has 0 spiro atoms. The highest BCUT2D eigenvalue weighted by Crippen LogP contribution is 2.33. The number of alkyl halides is 3. The molecule has 1 aliphatic heterocycles. The molecule has 27 heavy (non-hydrogen) atoms. The van der Waals surface area contributed by atoms with Crippen LogP contribution in [0.2, 0.25) is 0 Å². The Labute approximate surface area is 155 Å². The van der Waals surface area contributed by atoms with Crippen LogP contribution in [0.1, 0.15) is 10.4 Å². The van der Waals surface area contributed by atoms with Crippen molar-refractivity contribution in [2.75, 3.05) is 18.5 Å². The fourth-order valence-electron chi connectivity index (χ4n) is 2.64. The summed E-state index contributed by atoms with van der Waals surface area (Å²) in [4.78, 5) is 26.9. The Bertz CT molecular complexity index is 839. The van der Waals surface area contributed by atoms with E-state index in [1.165, 1.54) is 16.2 Å². The second-order valence-electron chi connectivity index (χ2n) is 5.81. The molecule has 1 fully saturated rings. The van der Waals surface area contributed by atoms with Gasteiger partial charge in [-0.1, -0.05) is 6.07 Å². The first-order chi connectivity index (χ1) is 12.8. The molecule has 144 valence electrons. The van der Waals surface area contributed by atoms with Crippen molar-refractivity contribution >= 4 is 28.8 Å². The first kappa shape index (κ1) is 19.3. The highest BCUT2D eigenvalue weighted by molar-refractivity contribution is 7.09. The number of thiophene rings is 1. The second-order valence-corrected chi connectivity index (χ2v) is 6.85. The van der Waals surface area contributed by atoms with E-state index >= 15 is 0 Å². The van der Waals surface area contributed by atoms with Crippen molar-refractivity contribution in [3.63, 3.8) is 0 Å². The van der Waals surface area contributed by atoms with Crippen LogP contribution in [0, 0.1) is 5.82 Å². The van der Waals surface area contributed by atoms with Gasteiger partial charge in [-0.05, 0) is 29.6 Å². The standard InChI is InChI=1S/C17H14F4N2O3S/c18-13-4-3-10(6-12(13)17(19,20)21)22-16(25)14-8-26-9-15(24)23(14)7-11-2-1-5-27-11/h1-6,14H,7-9H2,(H,22,25). The van der Waals surface area contributed by atoms with Crippen molar-refractivity contribution in [1.29, 1.82) is 0 Å². The lowest BCUT2D eigenvalue weighted by Crippen LogP contribution is -2.54. The van der Waals surface area contributed by atoms with Gasteiger partial charge in [0.25, 0.3) is 0 Å². The third-order valence-electron chi connectivity index (χ3n) is 3.95. The fourth-order valence-corrected chi connectivity index (χ4v) is 3.34. The number of morpholine rings is 1. The number of carbonyl (C=O) groups excluding carboxylic acids is 2. The predicted molar refractivity (Wildman–Crippen MR) is 89.5 cm³/mol. The summed E-state index contributed by atoms with van der Waals surface area (Å²) in [6.45, 7) is -0.0740. The number of benzene rings is 1. The molecule has 3 rings (SSSR count). The van der Waals surface area contributed by atoms with Crippen LogP contribution < -0.4 is 5.32 Å². The first-order valence-electron chi connectivity index (χ1n) is 7.83. The van der Waals surface area contributed by atoms with Crippen molar-refractivity contribution in [2.24, 2.45) is 0 Å². The Balaban J connectivity index is 1.78. The number of ether oxygens (including phenoxy) is 1. The van der Waals surface area contributed by atoms with Crippen molar-refractivity contribution in [1.82, 2.24) is 4.90 Å². The largest absolute Gasteiger partial charge is 0.419 e. The maximum absolute atomic E-state index is 13.4. The number of hydrogen-bond acceptors (Lipinski definition) is 4. The van der Waals surface area contributed by atoms with E-state index in [1.54, 1.807) is 12.1 Å². The minimum absolute atomic E-state index is 0.0870. The molecule has 1 saturated heterocycles. The number of rotatable bonds is 4. The molecule has 1 atom stereocenters. The number of nitrogens with one attached hydrogen (secondary N) is 1. The van der Waals surface area contributed by atoms with Gasteiger partial charge in [-0.15, -0.1) is 11.3 Å². The lowest BCUT2D eigenvalue weighted by atomic mass is 10.1. The zero-order chi connectivity index (χ0) is 19.6. The molecule has 0 aliphatic carbocycles. The molecule has 0 saturated carbocycles. The van der Waals surface area contributed by atoms with E-state index in [2.05, 4.69) is 5.32 Å². The average Bonchev–Trinajstić information content (AvgIpc) is 3.10. The van der Waals surface area contributed by atoms with Gasteiger partial charge in [0, 0.05) is 10.6 Å². The third-order valence-corrected chi connectivity index (χ3v) is 4.81. The number of nitrogens with zero attached hydrogens (tertiary/aromatic N) is 1. The molecule has 1 aromatic carbocycles. The minimum Gasteiger partial charge on any atom is -0.369 e. The van der Waals surface area contributed by atoms with Gasteiger partial charge in [-0.2, -0.15) is 13.2 Å².